The maximum Gasteiger partial charge on any atom is 0.244 e. The fraction of sp³-hybridized carbons (Fsp3) is 0.370. The Morgan fingerprint density at radius 2 is 1.29 bits per heavy atom. The van der Waals surface area contributed by atoms with Crippen molar-refractivity contribution < 1.29 is 51.1 Å². The molecule has 2 aromatic rings. The molecule has 0 aliphatic rings. The van der Waals surface area contributed by atoms with Crippen LogP contribution in [0.3, 0.4) is 0 Å². The van der Waals surface area contributed by atoms with Gasteiger partial charge in [-0.1, -0.05) is 47.1 Å². The summed E-state index contributed by atoms with van der Waals surface area (Å²) < 4.78 is 5.70. The van der Waals surface area contributed by atoms with E-state index in [4.69, 9.17) is 4.43 Å². The Labute approximate surface area is 300 Å². The number of aryl methyl sites for hydroxylation is 6. The van der Waals surface area contributed by atoms with Gasteiger partial charge in [0.25, 0.3) is 0 Å². The van der Waals surface area contributed by atoms with E-state index < -0.39 is 8.32 Å². The standard InChI is InChI=1S/C15H22NOSi.C10H11O.C2H3ClO.I2.HI.2V/c1-11-8-12(2)15(13(3)9-11)10-16-14(4)17-18(5,6)7;1-7-4-8(2)10(6-11)9(3)5-7;1-2(3)4;1-2;;;/h8,10H,4H2,1-3,5-7H3;4,6H,1-3H3;1H3;;1H;;/q2*-1;;;;;. The summed E-state index contributed by atoms with van der Waals surface area (Å²) in [4.78, 5) is 24.1. The number of halogens is 4. The zero-order valence-corrected chi connectivity index (χ0v) is 34.8. The Bertz CT molecular complexity index is 997. The van der Waals surface area contributed by atoms with Crippen molar-refractivity contribution in [2.24, 2.45) is 4.99 Å². The van der Waals surface area contributed by atoms with Crippen LogP contribution in [0.5, 0.6) is 0 Å². The minimum atomic E-state index is -1.62. The average molecular weight is 970 g/mol. The fourth-order valence-electron chi connectivity index (χ4n) is 3.09. The Morgan fingerprint density at radius 3 is 1.58 bits per heavy atom. The van der Waals surface area contributed by atoms with Crippen LogP contribution in [0, 0.1) is 53.7 Å². The number of aliphatic imine (C=N–C) groups is 1. The largest absolute Gasteiger partial charge is 0.532 e. The summed E-state index contributed by atoms with van der Waals surface area (Å²) >= 11 is 8.88. The molecule has 212 valence electrons. The molecule has 0 aliphatic carbocycles. The molecule has 0 aromatic heterocycles. The second-order valence-electron chi connectivity index (χ2n) is 8.80. The van der Waals surface area contributed by atoms with Crippen LogP contribution < -0.4 is 0 Å². The second-order valence-corrected chi connectivity index (χ2v) is 13.8. The second kappa shape index (κ2) is 25.6. The van der Waals surface area contributed by atoms with Crippen molar-refractivity contribution in [2.75, 3.05) is 0 Å². The zero-order chi connectivity index (χ0) is 27.9. The predicted octanol–water partition coefficient (Wildman–Crippen LogP) is 9.53. The van der Waals surface area contributed by atoms with Gasteiger partial charge in [0, 0.05) is 81.3 Å². The maximum atomic E-state index is 10.5. The quantitative estimate of drug-likeness (QED) is 0.0571. The van der Waals surface area contributed by atoms with E-state index in [1.54, 1.807) is 0 Å². The van der Waals surface area contributed by atoms with Crippen LogP contribution in [0.4, 0.5) is 0 Å². The van der Waals surface area contributed by atoms with Gasteiger partial charge in [-0.2, -0.15) is 57.6 Å². The molecule has 2 aromatic carbocycles. The van der Waals surface area contributed by atoms with Gasteiger partial charge in [-0.25, -0.2) is 4.99 Å². The van der Waals surface area contributed by atoms with Crippen LogP contribution in [0.15, 0.2) is 29.6 Å². The number of aldehydes is 1. The molecule has 0 unspecified atom stereocenters. The summed E-state index contributed by atoms with van der Waals surface area (Å²) in [6.45, 7) is 23.5. The van der Waals surface area contributed by atoms with Crippen LogP contribution in [0.2, 0.25) is 19.6 Å². The smallest absolute Gasteiger partial charge is 0.244 e. The van der Waals surface area contributed by atoms with E-state index in [0.717, 1.165) is 45.2 Å². The molecule has 0 spiro atoms. The van der Waals surface area contributed by atoms with Crippen molar-refractivity contribution >= 4 is 98.9 Å². The van der Waals surface area contributed by atoms with E-state index in [2.05, 4.69) is 105 Å². The first-order valence-electron chi connectivity index (χ1n) is 10.7. The molecule has 2 rings (SSSR count). The topological polar surface area (TPSA) is 55.7 Å². The molecule has 0 atom stereocenters. The number of hydrogen-bond donors (Lipinski definition) is 0. The molecule has 0 saturated heterocycles. The fourth-order valence-corrected chi connectivity index (χ4v) is 3.85. The van der Waals surface area contributed by atoms with E-state index in [-0.39, 0.29) is 66.3 Å². The van der Waals surface area contributed by atoms with E-state index >= 15 is 0 Å². The summed E-state index contributed by atoms with van der Waals surface area (Å²) in [5.41, 5.74) is 8.40. The number of carbonyl (C=O) groups is 2. The molecule has 2 radical (unpaired) electrons. The monoisotopic (exact) mass is 969 g/mol. The van der Waals surface area contributed by atoms with Gasteiger partial charge in [-0.3, -0.25) is 4.79 Å². The van der Waals surface area contributed by atoms with Gasteiger partial charge in [-0.05, 0) is 44.0 Å². The zero-order valence-electron chi connectivity index (χ0n) is 23.6. The predicted molar refractivity (Wildman–Crippen MR) is 186 cm³/mol. The number of hydrogen-bond acceptors (Lipinski definition) is 4. The van der Waals surface area contributed by atoms with Crippen LogP contribution in [0.25, 0.3) is 0 Å². The molecule has 0 aliphatic heterocycles. The first-order valence-corrected chi connectivity index (χ1v) is 20.8. The molecule has 11 heteroatoms. The normalized spacial score (nSPS) is 9.29. The van der Waals surface area contributed by atoms with Crippen molar-refractivity contribution in [3.8, 4) is 0 Å². The van der Waals surface area contributed by atoms with Gasteiger partial charge in [0.1, 0.15) is 0 Å². The molecule has 0 bridgehead atoms. The summed E-state index contributed by atoms with van der Waals surface area (Å²) in [6.07, 6.45) is 2.71. The third-order valence-electron chi connectivity index (χ3n) is 4.17. The first kappa shape index (κ1) is 48.6. The Balaban J connectivity index is -0.000000157. The molecule has 0 heterocycles. The Morgan fingerprint density at radius 1 is 0.947 bits per heavy atom. The summed E-state index contributed by atoms with van der Waals surface area (Å²) in [5, 5.41) is -0.361. The van der Waals surface area contributed by atoms with Crippen molar-refractivity contribution in [3.05, 3.63) is 81.2 Å². The van der Waals surface area contributed by atoms with Gasteiger partial charge in [0.2, 0.25) is 13.6 Å². The third kappa shape index (κ3) is 23.5. The molecule has 0 saturated carbocycles. The summed E-state index contributed by atoms with van der Waals surface area (Å²) in [6, 6.07) is 10.5. The van der Waals surface area contributed by atoms with Gasteiger partial charge < -0.3 is 9.22 Å². The van der Waals surface area contributed by atoms with Gasteiger partial charge >= 0.3 is 0 Å². The van der Waals surface area contributed by atoms with Crippen molar-refractivity contribution in [3.63, 3.8) is 0 Å². The average Bonchev–Trinajstić information content (AvgIpc) is 2.67. The van der Waals surface area contributed by atoms with E-state index in [1.807, 2.05) is 46.9 Å². The number of nitrogens with zero attached hydrogens (tertiary/aromatic N) is 1. The number of rotatable bonds is 5. The molecular formula is C27H37ClI3NO3SiV2-2. The molecular weight excluding hydrogens is 932 g/mol. The van der Waals surface area contributed by atoms with Crippen LogP contribution in [0.1, 0.15) is 56.2 Å². The van der Waals surface area contributed by atoms with Gasteiger partial charge in [0.05, 0.1) is 6.29 Å². The SMILES string of the molecule is C=C(N=Cc1c(C)[c-]c(C)cc1C)O[Si](C)(C)C.CC(=O)Cl.Cc1[c-]c(C)c(C=O)c(C)c1.I.II.[V].[V]. The number of benzene rings is 2. The molecule has 0 fully saturated rings. The minimum absolute atomic E-state index is 0. The van der Waals surface area contributed by atoms with Crippen molar-refractivity contribution in [2.45, 2.75) is 68.1 Å². The summed E-state index contributed by atoms with van der Waals surface area (Å²) in [7, 11) is -1.62. The molecule has 4 nitrogen and oxygen atoms in total. The van der Waals surface area contributed by atoms with Gasteiger partial charge in [0.15, 0.2) is 5.88 Å². The van der Waals surface area contributed by atoms with E-state index in [1.165, 1.54) is 12.5 Å². The number of carbonyl (C=O) groups excluding carboxylic acids is 2. The Hall–Kier alpha value is 0.856. The molecule has 0 N–H and O–H groups in total. The Kier molecular flexibility index (Phi) is 32.7. The van der Waals surface area contributed by atoms with Crippen LogP contribution in [-0.4, -0.2) is 26.1 Å². The first-order chi connectivity index (χ1) is 16.1. The van der Waals surface area contributed by atoms with E-state index in [9.17, 15) is 9.59 Å². The van der Waals surface area contributed by atoms with Crippen LogP contribution in [-0.2, 0) is 46.3 Å². The van der Waals surface area contributed by atoms with E-state index in [0.29, 0.717) is 5.88 Å². The van der Waals surface area contributed by atoms with Crippen molar-refractivity contribution in [1.29, 1.82) is 0 Å². The molecule has 0 amide bonds. The third-order valence-corrected chi connectivity index (χ3v) is 5.02. The van der Waals surface area contributed by atoms with Crippen molar-refractivity contribution in [1.82, 2.24) is 0 Å². The summed E-state index contributed by atoms with van der Waals surface area (Å²) in [5.74, 6) is 0.494. The maximum absolute atomic E-state index is 10.5. The molecule has 38 heavy (non-hydrogen) atoms. The van der Waals surface area contributed by atoms with Gasteiger partial charge in [-0.15, -0.1) is 29.5 Å². The minimum Gasteiger partial charge on any atom is -0.532 e. The van der Waals surface area contributed by atoms with Crippen LogP contribution >= 0.6 is 72.8 Å².